The molecule has 0 atom stereocenters. The zero-order chi connectivity index (χ0) is 14.2. The molecule has 0 fully saturated rings. The minimum absolute atomic E-state index is 0.596. The van der Waals surface area contributed by atoms with E-state index in [2.05, 4.69) is 41.2 Å². The maximum atomic E-state index is 5.60. The normalized spacial score (nSPS) is 13.6. The Bertz CT molecular complexity index is 765. The number of rotatable bonds is 2. The third-order valence-corrected chi connectivity index (χ3v) is 3.65. The van der Waals surface area contributed by atoms with Crippen LogP contribution in [0.2, 0.25) is 0 Å². The average Bonchev–Trinajstić information content (AvgIpc) is 2.85. The number of H-pyrrole nitrogens is 1. The molecule has 1 aliphatic heterocycles. The van der Waals surface area contributed by atoms with Gasteiger partial charge in [-0.15, -0.1) is 0 Å². The van der Waals surface area contributed by atoms with Crippen molar-refractivity contribution in [2.75, 3.05) is 13.2 Å². The molecule has 1 N–H and O–H groups in total. The van der Waals surface area contributed by atoms with Gasteiger partial charge in [0.1, 0.15) is 19.0 Å². The largest absolute Gasteiger partial charge is 0.486 e. The quantitative estimate of drug-likeness (QED) is 0.784. The highest BCUT2D eigenvalue weighted by atomic mass is 16.6. The molecule has 0 aliphatic carbocycles. The molecule has 4 nitrogen and oxygen atoms in total. The number of aromatic amines is 1. The van der Waals surface area contributed by atoms with Gasteiger partial charge in [0.15, 0.2) is 11.5 Å². The fourth-order valence-corrected chi connectivity index (χ4v) is 2.70. The van der Waals surface area contributed by atoms with Crippen LogP contribution in [0.15, 0.2) is 36.4 Å². The number of hydrogen-bond acceptors (Lipinski definition) is 3. The fraction of sp³-hybridized carbons (Fsp3) is 0.235. The van der Waals surface area contributed by atoms with E-state index in [0.29, 0.717) is 13.2 Å². The van der Waals surface area contributed by atoms with Gasteiger partial charge in [-0.25, -0.2) is 4.98 Å². The average molecular weight is 280 g/mol. The van der Waals surface area contributed by atoms with Gasteiger partial charge in [0, 0.05) is 18.6 Å². The lowest BCUT2D eigenvalue weighted by molar-refractivity contribution is 0.172. The lowest BCUT2D eigenvalue weighted by atomic mass is 10.1. The van der Waals surface area contributed by atoms with Gasteiger partial charge in [0.2, 0.25) is 0 Å². The Kier molecular flexibility index (Phi) is 2.81. The van der Waals surface area contributed by atoms with E-state index >= 15 is 0 Å². The van der Waals surface area contributed by atoms with E-state index in [1.165, 1.54) is 11.1 Å². The third kappa shape index (κ3) is 2.33. The summed E-state index contributed by atoms with van der Waals surface area (Å²) < 4.78 is 11.2. The monoisotopic (exact) mass is 280 g/mol. The van der Waals surface area contributed by atoms with Gasteiger partial charge in [-0.05, 0) is 12.5 Å². The molecule has 1 aromatic heterocycles. The van der Waals surface area contributed by atoms with Crippen LogP contribution in [0.4, 0.5) is 0 Å². The van der Waals surface area contributed by atoms with E-state index in [4.69, 9.17) is 9.47 Å². The second-order valence-electron chi connectivity index (χ2n) is 5.36. The highest BCUT2D eigenvalue weighted by Crippen LogP contribution is 2.33. The van der Waals surface area contributed by atoms with Crippen LogP contribution in [0, 0.1) is 6.92 Å². The Morgan fingerprint density at radius 2 is 1.90 bits per heavy atom. The number of imidazole rings is 1. The molecular formula is C17H16N2O2. The van der Waals surface area contributed by atoms with Crippen molar-refractivity contribution in [2.45, 2.75) is 13.3 Å². The van der Waals surface area contributed by atoms with E-state index in [-0.39, 0.29) is 0 Å². The number of benzene rings is 2. The molecule has 0 amide bonds. The van der Waals surface area contributed by atoms with E-state index in [9.17, 15) is 0 Å². The van der Waals surface area contributed by atoms with Gasteiger partial charge < -0.3 is 14.5 Å². The van der Waals surface area contributed by atoms with Crippen molar-refractivity contribution in [3.63, 3.8) is 0 Å². The topological polar surface area (TPSA) is 47.1 Å². The van der Waals surface area contributed by atoms with Crippen LogP contribution in [0.5, 0.6) is 11.5 Å². The van der Waals surface area contributed by atoms with Crippen LogP contribution in [-0.2, 0) is 6.42 Å². The molecule has 0 saturated carbocycles. The van der Waals surface area contributed by atoms with Gasteiger partial charge in [0.05, 0.1) is 11.0 Å². The van der Waals surface area contributed by atoms with Crippen molar-refractivity contribution in [1.29, 1.82) is 0 Å². The first kappa shape index (κ1) is 12.3. The number of aryl methyl sites for hydroxylation is 1. The highest BCUT2D eigenvalue weighted by molar-refractivity contribution is 5.80. The molecule has 0 unspecified atom stereocenters. The summed E-state index contributed by atoms with van der Waals surface area (Å²) in [7, 11) is 0. The van der Waals surface area contributed by atoms with Crippen molar-refractivity contribution in [2.24, 2.45) is 0 Å². The fourth-order valence-electron chi connectivity index (χ4n) is 2.70. The maximum Gasteiger partial charge on any atom is 0.163 e. The number of ether oxygens (including phenoxy) is 2. The number of nitrogens with one attached hydrogen (secondary N) is 1. The number of aromatic nitrogens is 2. The Labute approximate surface area is 122 Å². The van der Waals surface area contributed by atoms with E-state index < -0.39 is 0 Å². The molecular weight excluding hydrogens is 264 g/mol. The maximum absolute atomic E-state index is 5.60. The van der Waals surface area contributed by atoms with Crippen LogP contribution >= 0.6 is 0 Å². The zero-order valence-corrected chi connectivity index (χ0v) is 11.8. The van der Waals surface area contributed by atoms with E-state index in [1.54, 1.807) is 0 Å². The van der Waals surface area contributed by atoms with Crippen LogP contribution in [0.1, 0.15) is 17.0 Å². The summed E-state index contributed by atoms with van der Waals surface area (Å²) in [6, 6.07) is 12.4. The molecule has 0 saturated heterocycles. The van der Waals surface area contributed by atoms with Crippen LogP contribution in [0.3, 0.4) is 0 Å². The Hall–Kier alpha value is -2.49. The van der Waals surface area contributed by atoms with Crippen molar-refractivity contribution >= 4 is 11.0 Å². The van der Waals surface area contributed by atoms with Crippen molar-refractivity contribution in [3.8, 4) is 11.5 Å². The Morgan fingerprint density at radius 3 is 2.71 bits per heavy atom. The summed E-state index contributed by atoms with van der Waals surface area (Å²) in [6.45, 7) is 3.30. The molecule has 0 bridgehead atoms. The first-order chi connectivity index (χ1) is 10.3. The van der Waals surface area contributed by atoms with Crippen molar-refractivity contribution in [1.82, 2.24) is 9.97 Å². The second-order valence-corrected chi connectivity index (χ2v) is 5.36. The summed E-state index contributed by atoms with van der Waals surface area (Å²) in [5, 5.41) is 0. The number of nitrogens with zero attached hydrogens (tertiary/aromatic N) is 1. The standard InChI is InChI=1S/C17H16N2O2/c1-11-3-2-4-12(7-11)8-17-18-13-9-15-16(10-14(13)19-17)21-6-5-20-15/h2-4,7,9-10H,5-6,8H2,1H3,(H,18,19). The minimum Gasteiger partial charge on any atom is -0.486 e. The van der Waals surface area contributed by atoms with Crippen LogP contribution in [-0.4, -0.2) is 23.2 Å². The summed E-state index contributed by atoms with van der Waals surface area (Å²) in [5.41, 5.74) is 4.43. The van der Waals surface area contributed by atoms with Crippen LogP contribution < -0.4 is 9.47 Å². The highest BCUT2D eigenvalue weighted by Gasteiger charge is 2.14. The lowest BCUT2D eigenvalue weighted by Crippen LogP contribution is -2.15. The van der Waals surface area contributed by atoms with Gasteiger partial charge in [-0.1, -0.05) is 29.8 Å². The summed E-state index contributed by atoms with van der Waals surface area (Å²) in [6.07, 6.45) is 0.794. The molecule has 21 heavy (non-hydrogen) atoms. The molecule has 2 aromatic carbocycles. The second kappa shape index (κ2) is 4.81. The van der Waals surface area contributed by atoms with Gasteiger partial charge in [0.25, 0.3) is 0 Å². The minimum atomic E-state index is 0.596. The van der Waals surface area contributed by atoms with Crippen molar-refractivity contribution in [3.05, 3.63) is 53.3 Å². The van der Waals surface area contributed by atoms with Crippen LogP contribution in [0.25, 0.3) is 11.0 Å². The predicted molar refractivity (Wildman–Crippen MR) is 81.1 cm³/mol. The molecule has 1 aliphatic rings. The van der Waals surface area contributed by atoms with E-state index in [1.807, 2.05) is 12.1 Å². The SMILES string of the molecule is Cc1cccc(Cc2nc3cc4c(cc3[nH]2)OCCO4)c1. The Balaban J connectivity index is 1.70. The summed E-state index contributed by atoms with van der Waals surface area (Å²) in [5.74, 6) is 2.53. The smallest absolute Gasteiger partial charge is 0.163 e. The molecule has 4 heteroatoms. The molecule has 0 spiro atoms. The predicted octanol–water partition coefficient (Wildman–Crippen LogP) is 3.23. The summed E-state index contributed by atoms with van der Waals surface area (Å²) in [4.78, 5) is 8.02. The van der Waals surface area contributed by atoms with Gasteiger partial charge >= 0.3 is 0 Å². The number of hydrogen-bond donors (Lipinski definition) is 1. The van der Waals surface area contributed by atoms with E-state index in [0.717, 1.165) is 34.8 Å². The van der Waals surface area contributed by atoms with Gasteiger partial charge in [-0.2, -0.15) is 0 Å². The molecule has 2 heterocycles. The Morgan fingerprint density at radius 1 is 1.10 bits per heavy atom. The summed E-state index contributed by atoms with van der Waals surface area (Å²) >= 11 is 0. The lowest BCUT2D eigenvalue weighted by Gasteiger charge is -2.17. The molecule has 106 valence electrons. The molecule has 3 aromatic rings. The molecule has 4 rings (SSSR count). The molecule has 0 radical (unpaired) electrons. The zero-order valence-electron chi connectivity index (χ0n) is 11.8. The third-order valence-electron chi connectivity index (χ3n) is 3.65. The first-order valence-electron chi connectivity index (χ1n) is 7.12. The van der Waals surface area contributed by atoms with Gasteiger partial charge in [-0.3, -0.25) is 0 Å². The van der Waals surface area contributed by atoms with Crippen molar-refractivity contribution < 1.29 is 9.47 Å². The first-order valence-corrected chi connectivity index (χ1v) is 7.12. The number of fused-ring (bicyclic) bond motifs is 2.